The zero-order valence-corrected chi connectivity index (χ0v) is 9.54. The maximum Gasteiger partial charge on any atom is 0.231 e. The van der Waals surface area contributed by atoms with E-state index in [4.69, 9.17) is 14.7 Å². The standard InChI is InChI=1S/C13H12N2O2/c1-8-9(3-2-4-14)10-5-12-13(17-7-16-12)6-11(10)15-8/h5-6,15H,2-3,7H2,1H3. The lowest BCUT2D eigenvalue weighted by atomic mass is 10.1. The fourth-order valence-electron chi connectivity index (χ4n) is 2.28. The molecule has 4 nitrogen and oxygen atoms in total. The Labute approximate surface area is 98.8 Å². The zero-order valence-electron chi connectivity index (χ0n) is 9.54. The first kappa shape index (κ1) is 10.0. The Bertz CT molecular complexity index is 622. The third-order valence-corrected chi connectivity index (χ3v) is 3.10. The minimum atomic E-state index is 0.286. The smallest absolute Gasteiger partial charge is 0.231 e. The Kier molecular flexibility index (Phi) is 2.19. The maximum absolute atomic E-state index is 8.68. The molecule has 1 aromatic carbocycles. The summed E-state index contributed by atoms with van der Waals surface area (Å²) in [7, 11) is 0. The van der Waals surface area contributed by atoms with E-state index in [0.717, 1.165) is 34.5 Å². The number of nitrogens with one attached hydrogen (secondary N) is 1. The third-order valence-electron chi connectivity index (χ3n) is 3.10. The first-order valence-corrected chi connectivity index (χ1v) is 5.57. The number of nitrogens with zero attached hydrogens (tertiary/aromatic N) is 1. The number of H-pyrrole nitrogens is 1. The van der Waals surface area contributed by atoms with Gasteiger partial charge in [-0.05, 0) is 25.0 Å². The summed E-state index contributed by atoms with van der Waals surface area (Å²) in [6.07, 6.45) is 1.30. The summed E-state index contributed by atoms with van der Waals surface area (Å²) >= 11 is 0. The van der Waals surface area contributed by atoms with Crippen LogP contribution in [0.3, 0.4) is 0 Å². The van der Waals surface area contributed by atoms with Gasteiger partial charge in [0.25, 0.3) is 0 Å². The Balaban J connectivity index is 2.15. The number of hydrogen-bond acceptors (Lipinski definition) is 3. The molecule has 0 atom stereocenters. The van der Waals surface area contributed by atoms with Gasteiger partial charge in [0.2, 0.25) is 6.79 Å². The van der Waals surface area contributed by atoms with Crippen molar-refractivity contribution in [2.75, 3.05) is 6.79 Å². The van der Waals surface area contributed by atoms with E-state index in [1.807, 2.05) is 19.1 Å². The van der Waals surface area contributed by atoms with Gasteiger partial charge in [-0.3, -0.25) is 0 Å². The molecule has 86 valence electrons. The Morgan fingerprint density at radius 3 is 2.88 bits per heavy atom. The summed E-state index contributed by atoms with van der Waals surface area (Å²) in [5.74, 6) is 1.57. The highest BCUT2D eigenvalue weighted by Gasteiger charge is 2.17. The molecule has 0 radical (unpaired) electrons. The lowest BCUT2D eigenvalue weighted by Crippen LogP contribution is -1.93. The molecule has 0 saturated heterocycles. The van der Waals surface area contributed by atoms with Gasteiger partial charge in [-0.15, -0.1) is 0 Å². The van der Waals surface area contributed by atoms with Crippen molar-refractivity contribution in [2.45, 2.75) is 19.8 Å². The van der Waals surface area contributed by atoms with Crippen LogP contribution in [0, 0.1) is 18.3 Å². The van der Waals surface area contributed by atoms with Gasteiger partial charge < -0.3 is 14.5 Å². The van der Waals surface area contributed by atoms with Crippen molar-refractivity contribution in [3.05, 3.63) is 23.4 Å². The van der Waals surface area contributed by atoms with Crippen LogP contribution in [0.15, 0.2) is 12.1 Å². The SMILES string of the molecule is Cc1[nH]c2cc3c(cc2c1CCC#N)OCO3. The molecular weight excluding hydrogens is 216 g/mol. The minimum absolute atomic E-state index is 0.286. The van der Waals surface area contributed by atoms with E-state index in [-0.39, 0.29) is 6.79 Å². The van der Waals surface area contributed by atoms with Crippen molar-refractivity contribution >= 4 is 10.9 Å². The van der Waals surface area contributed by atoms with Gasteiger partial charge in [0.05, 0.1) is 6.07 Å². The summed E-state index contributed by atoms with van der Waals surface area (Å²) in [6, 6.07) is 6.13. The summed E-state index contributed by atoms with van der Waals surface area (Å²) in [5.41, 5.74) is 3.35. The molecule has 0 aliphatic carbocycles. The van der Waals surface area contributed by atoms with Crippen LogP contribution in [-0.2, 0) is 6.42 Å². The van der Waals surface area contributed by atoms with Crippen LogP contribution < -0.4 is 9.47 Å². The highest BCUT2D eigenvalue weighted by molar-refractivity contribution is 5.88. The van der Waals surface area contributed by atoms with Crippen LogP contribution in [0.2, 0.25) is 0 Å². The molecule has 0 spiro atoms. The molecule has 2 aromatic rings. The average molecular weight is 228 g/mol. The molecule has 4 heteroatoms. The van der Waals surface area contributed by atoms with Crippen molar-refractivity contribution in [3.63, 3.8) is 0 Å². The summed E-state index contributed by atoms with van der Waals surface area (Å²) < 4.78 is 10.7. The first-order chi connectivity index (χ1) is 8.29. The summed E-state index contributed by atoms with van der Waals surface area (Å²) in [6.45, 7) is 2.31. The van der Waals surface area contributed by atoms with Crippen LogP contribution >= 0.6 is 0 Å². The Hall–Kier alpha value is -2.15. The molecule has 1 aromatic heterocycles. The topological polar surface area (TPSA) is 58.0 Å². The number of fused-ring (bicyclic) bond motifs is 2. The van der Waals surface area contributed by atoms with Gasteiger partial charge in [0.15, 0.2) is 11.5 Å². The van der Waals surface area contributed by atoms with Gasteiger partial charge in [0, 0.05) is 29.1 Å². The normalized spacial score (nSPS) is 12.9. The maximum atomic E-state index is 8.68. The zero-order chi connectivity index (χ0) is 11.8. The second-order valence-corrected chi connectivity index (χ2v) is 4.14. The average Bonchev–Trinajstić information content (AvgIpc) is 2.87. The van der Waals surface area contributed by atoms with Crippen molar-refractivity contribution in [2.24, 2.45) is 0 Å². The van der Waals surface area contributed by atoms with E-state index in [1.165, 1.54) is 5.56 Å². The minimum Gasteiger partial charge on any atom is -0.454 e. The molecule has 2 heterocycles. The van der Waals surface area contributed by atoms with Gasteiger partial charge in [-0.25, -0.2) is 0 Å². The fourth-order valence-corrected chi connectivity index (χ4v) is 2.28. The molecule has 17 heavy (non-hydrogen) atoms. The fraction of sp³-hybridized carbons (Fsp3) is 0.308. The highest BCUT2D eigenvalue weighted by atomic mass is 16.7. The predicted octanol–water partition coefficient (Wildman–Crippen LogP) is 2.66. The number of aromatic nitrogens is 1. The number of nitriles is 1. The molecule has 0 amide bonds. The molecule has 3 rings (SSSR count). The van der Waals surface area contributed by atoms with E-state index in [1.54, 1.807) is 0 Å². The largest absolute Gasteiger partial charge is 0.454 e. The number of ether oxygens (including phenoxy) is 2. The van der Waals surface area contributed by atoms with E-state index in [0.29, 0.717) is 6.42 Å². The van der Waals surface area contributed by atoms with Crippen LogP contribution in [-0.4, -0.2) is 11.8 Å². The van der Waals surface area contributed by atoms with Crippen molar-refractivity contribution in [1.82, 2.24) is 4.98 Å². The van der Waals surface area contributed by atoms with Crippen molar-refractivity contribution in [1.29, 1.82) is 5.26 Å². The monoisotopic (exact) mass is 228 g/mol. The van der Waals surface area contributed by atoms with Gasteiger partial charge in [0.1, 0.15) is 0 Å². The predicted molar refractivity (Wildman–Crippen MR) is 63.1 cm³/mol. The number of aromatic amines is 1. The van der Waals surface area contributed by atoms with E-state index < -0.39 is 0 Å². The number of benzene rings is 1. The quantitative estimate of drug-likeness (QED) is 0.859. The Morgan fingerprint density at radius 1 is 1.35 bits per heavy atom. The van der Waals surface area contributed by atoms with Crippen LogP contribution in [0.5, 0.6) is 11.5 Å². The number of hydrogen-bond donors (Lipinski definition) is 1. The van der Waals surface area contributed by atoms with Crippen LogP contribution in [0.1, 0.15) is 17.7 Å². The number of aryl methyl sites for hydroxylation is 2. The molecule has 1 N–H and O–H groups in total. The van der Waals surface area contributed by atoms with Crippen molar-refractivity contribution in [3.8, 4) is 17.6 Å². The highest BCUT2D eigenvalue weighted by Crippen LogP contribution is 2.37. The van der Waals surface area contributed by atoms with Gasteiger partial charge >= 0.3 is 0 Å². The van der Waals surface area contributed by atoms with Crippen LogP contribution in [0.4, 0.5) is 0 Å². The van der Waals surface area contributed by atoms with E-state index >= 15 is 0 Å². The first-order valence-electron chi connectivity index (χ1n) is 5.57. The lowest BCUT2D eigenvalue weighted by molar-refractivity contribution is 0.174. The Morgan fingerprint density at radius 2 is 2.12 bits per heavy atom. The van der Waals surface area contributed by atoms with E-state index in [9.17, 15) is 0 Å². The van der Waals surface area contributed by atoms with Gasteiger partial charge in [-0.1, -0.05) is 0 Å². The molecular formula is C13H12N2O2. The summed E-state index contributed by atoms with van der Waals surface area (Å²) in [5, 5.41) is 9.80. The number of rotatable bonds is 2. The molecule has 1 aliphatic heterocycles. The molecule has 0 fully saturated rings. The van der Waals surface area contributed by atoms with E-state index in [2.05, 4.69) is 11.1 Å². The second kappa shape index (κ2) is 3.70. The molecule has 0 bridgehead atoms. The molecule has 1 aliphatic rings. The summed E-state index contributed by atoms with van der Waals surface area (Å²) in [4.78, 5) is 3.32. The van der Waals surface area contributed by atoms with Crippen LogP contribution in [0.25, 0.3) is 10.9 Å². The van der Waals surface area contributed by atoms with Gasteiger partial charge in [-0.2, -0.15) is 5.26 Å². The lowest BCUT2D eigenvalue weighted by Gasteiger charge is -1.99. The molecule has 0 unspecified atom stereocenters. The second-order valence-electron chi connectivity index (χ2n) is 4.14. The molecule has 0 saturated carbocycles. The third kappa shape index (κ3) is 1.51. The van der Waals surface area contributed by atoms with Crippen molar-refractivity contribution < 1.29 is 9.47 Å².